The van der Waals surface area contributed by atoms with Gasteiger partial charge in [0.05, 0.1) is 4.90 Å². The van der Waals surface area contributed by atoms with Crippen LogP contribution in [0, 0.1) is 0 Å². The quantitative estimate of drug-likeness (QED) is 0.822. The van der Waals surface area contributed by atoms with Gasteiger partial charge in [0.15, 0.2) is 0 Å². The number of likely N-dealkylation sites (N-methyl/N-ethyl adjacent to an activating group) is 1. The molecule has 2 fully saturated rings. The van der Waals surface area contributed by atoms with E-state index in [4.69, 9.17) is 0 Å². The van der Waals surface area contributed by atoms with Crippen LogP contribution in [0.4, 0.5) is 0 Å². The largest absolute Gasteiger partial charge is 0.336 e. The van der Waals surface area contributed by atoms with Gasteiger partial charge in [0.1, 0.15) is 0 Å². The molecular formula is C17H25N3O3S. The van der Waals surface area contributed by atoms with Crippen molar-refractivity contribution < 1.29 is 13.2 Å². The van der Waals surface area contributed by atoms with E-state index in [0.29, 0.717) is 31.7 Å². The van der Waals surface area contributed by atoms with Gasteiger partial charge in [0.2, 0.25) is 10.0 Å². The summed E-state index contributed by atoms with van der Waals surface area (Å²) in [5, 5.41) is 0. The number of rotatable bonds is 3. The van der Waals surface area contributed by atoms with Gasteiger partial charge in [-0.1, -0.05) is 6.42 Å². The van der Waals surface area contributed by atoms with Gasteiger partial charge in [-0.15, -0.1) is 0 Å². The van der Waals surface area contributed by atoms with Crippen LogP contribution in [0.3, 0.4) is 0 Å². The molecule has 1 aromatic rings. The van der Waals surface area contributed by atoms with Gasteiger partial charge in [-0.2, -0.15) is 4.31 Å². The molecule has 2 aliphatic rings. The van der Waals surface area contributed by atoms with Crippen molar-refractivity contribution in [1.82, 2.24) is 14.1 Å². The minimum atomic E-state index is -3.43. The van der Waals surface area contributed by atoms with Crippen molar-refractivity contribution in [1.29, 1.82) is 0 Å². The minimum absolute atomic E-state index is 0.0231. The van der Waals surface area contributed by atoms with Crippen LogP contribution < -0.4 is 0 Å². The Morgan fingerprint density at radius 1 is 0.875 bits per heavy atom. The van der Waals surface area contributed by atoms with Crippen molar-refractivity contribution in [3.8, 4) is 0 Å². The number of nitrogens with zero attached hydrogens (tertiary/aromatic N) is 3. The molecule has 0 unspecified atom stereocenters. The van der Waals surface area contributed by atoms with Gasteiger partial charge < -0.3 is 9.80 Å². The number of carbonyl (C=O) groups excluding carboxylic acids is 1. The second kappa shape index (κ2) is 7.21. The van der Waals surface area contributed by atoms with Gasteiger partial charge >= 0.3 is 0 Å². The molecule has 0 N–H and O–H groups in total. The highest BCUT2D eigenvalue weighted by Crippen LogP contribution is 2.21. The summed E-state index contributed by atoms with van der Waals surface area (Å²) in [7, 11) is -1.39. The van der Waals surface area contributed by atoms with E-state index in [1.807, 2.05) is 11.9 Å². The van der Waals surface area contributed by atoms with E-state index in [1.165, 1.54) is 0 Å². The molecule has 0 spiro atoms. The average Bonchev–Trinajstić information content (AvgIpc) is 2.62. The van der Waals surface area contributed by atoms with Crippen molar-refractivity contribution in [2.45, 2.75) is 24.2 Å². The molecule has 24 heavy (non-hydrogen) atoms. The first-order chi connectivity index (χ1) is 11.5. The summed E-state index contributed by atoms with van der Waals surface area (Å²) in [5.41, 5.74) is 0.553. The van der Waals surface area contributed by atoms with Gasteiger partial charge in [-0.3, -0.25) is 4.79 Å². The SMILES string of the molecule is CN1CCN(C(=O)c2ccc(S(=O)(=O)N3CCCCC3)cc2)CC1. The lowest BCUT2D eigenvalue weighted by atomic mass is 10.2. The zero-order valence-electron chi connectivity index (χ0n) is 14.1. The number of benzene rings is 1. The zero-order chi connectivity index (χ0) is 17.2. The first kappa shape index (κ1) is 17.4. The van der Waals surface area contributed by atoms with Crippen molar-refractivity contribution in [2.75, 3.05) is 46.3 Å². The number of hydrogen-bond acceptors (Lipinski definition) is 4. The molecule has 1 aromatic carbocycles. The molecule has 0 bridgehead atoms. The predicted octanol–water partition coefficient (Wildman–Crippen LogP) is 1.25. The van der Waals surface area contributed by atoms with E-state index in [1.54, 1.807) is 28.6 Å². The first-order valence-corrected chi connectivity index (χ1v) is 10.0. The van der Waals surface area contributed by atoms with Gasteiger partial charge in [0.25, 0.3) is 5.91 Å². The number of amides is 1. The zero-order valence-corrected chi connectivity index (χ0v) is 15.0. The maximum Gasteiger partial charge on any atom is 0.253 e. The number of hydrogen-bond donors (Lipinski definition) is 0. The lowest BCUT2D eigenvalue weighted by molar-refractivity contribution is 0.0664. The summed E-state index contributed by atoms with van der Waals surface area (Å²) in [6.45, 7) is 4.33. The van der Waals surface area contributed by atoms with Crippen molar-refractivity contribution >= 4 is 15.9 Å². The van der Waals surface area contributed by atoms with Crippen molar-refractivity contribution in [3.05, 3.63) is 29.8 Å². The van der Waals surface area contributed by atoms with E-state index < -0.39 is 10.0 Å². The van der Waals surface area contributed by atoms with E-state index >= 15 is 0 Å². The fourth-order valence-electron chi connectivity index (χ4n) is 3.22. The Morgan fingerprint density at radius 2 is 1.46 bits per heavy atom. The van der Waals surface area contributed by atoms with Crippen LogP contribution in [-0.4, -0.2) is 74.7 Å². The van der Waals surface area contributed by atoms with Gasteiger partial charge in [-0.25, -0.2) is 8.42 Å². The Hall–Kier alpha value is -1.44. The Morgan fingerprint density at radius 3 is 2.04 bits per heavy atom. The Labute approximate surface area is 144 Å². The number of carbonyl (C=O) groups is 1. The van der Waals surface area contributed by atoms with Crippen LogP contribution in [-0.2, 0) is 10.0 Å². The van der Waals surface area contributed by atoms with Crippen LogP contribution in [0.1, 0.15) is 29.6 Å². The van der Waals surface area contributed by atoms with Gasteiger partial charge in [-0.05, 0) is 44.2 Å². The molecule has 3 rings (SSSR count). The maximum atomic E-state index is 12.6. The highest BCUT2D eigenvalue weighted by molar-refractivity contribution is 7.89. The highest BCUT2D eigenvalue weighted by atomic mass is 32.2. The third-order valence-electron chi connectivity index (χ3n) is 4.84. The monoisotopic (exact) mass is 351 g/mol. The number of piperidine rings is 1. The molecule has 7 heteroatoms. The molecule has 6 nitrogen and oxygen atoms in total. The van der Waals surface area contributed by atoms with Crippen molar-refractivity contribution in [2.24, 2.45) is 0 Å². The molecule has 0 atom stereocenters. The summed E-state index contributed by atoms with van der Waals surface area (Å²) < 4.78 is 26.8. The summed E-state index contributed by atoms with van der Waals surface area (Å²) in [6.07, 6.45) is 2.92. The molecule has 2 heterocycles. The average molecular weight is 351 g/mol. The summed E-state index contributed by atoms with van der Waals surface area (Å²) >= 11 is 0. The highest BCUT2D eigenvalue weighted by Gasteiger charge is 2.26. The normalized spacial score (nSPS) is 21.0. The fraction of sp³-hybridized carbons (Fsp3) is 0.588. The van der Waals surface area contributed by atoms with Crippen LogP contribution in [0.25, 0.3) is 0 Å². The summed E-state index contributed by atoms with van der Waals surface area (Å²) in [5.74, 6) is -0.0231. The Bertz CT molecular complexity index is 674. The van der Waals surface area contributed by atoms with Crippen LogP contribution in [0.2, 0.25) is 0 Å². The second-order valence-corrected chi connectivity index (χ2v) is 8.52. The Kier molecular flexibility index (Phi) is 5.22. The molecule has 2 saturated heterocycles. The molecule has 132 valence electrons. The maximum absolute atomic E-state index is 12.6. The molecule has 1 amide bonds. The van der Waals surface area contributed by atoms with Crippen LogP contribution >= 0.6 is 0 Å². The Balaban J connectivity index is 1.72. The standard InChI is InChI=1S/C17H25N3O3S/c1-18-11-13-19(14-12-18)17(21)15-5-7-16(8-6-15)24(22,23)20-9-3-2-4-10-20/h5-8H,2-4,9-14H2,1H3. The third kappa shape index (κ3) is 3.63. The molecular weight excluding hydrogens is 326 g/mol. The number of piperazine rings is 1. The smallest absolute Gasteiger partial charge is 0.253 e. The fourth-order valence-corrected chi connectivity index (χ4v) is 4.73. The van der Waals surface area contributed by atoms with E-state index in [2.05, 4.69) is 4.90 Å². The topological polar surface area (TPSA) is 60.9 Å². The molecule has 0 radical (unpaired) electrons. The van der Waals surface area contributed by atoms with E-state index in [0.717, 1.165) is 32.4 Å². The van der Waals surface area contributed by atoms with Crippen molar-refractivity contribution in [3.63, 3.8) is 0 Å². The van der Waals surface area contributed by atoms with Crippen LogP contribution in [0.15, 0.2) is 29.2 Å². The third-order valence-corrected chi connectivity index (χ3v) is 6.76. The second-order valence-electron chi connectivity index (χ2n) is 6.58. The summed E-state index contributed by atoms with van der Waals surface area (Å²) in [6, 6.07) is 6.40. The molecule has 0 aliphatic carbocycles. The summed E-state index contributed by atoms with van der Waals surface area (Å²) in [4.78, 5) is 16.8. The van der Waals surface area contributed by atoms with E-state index in [9.17, 15) is 13.2 Å². The molecule has 0 aromatic heterocycles. The minimum Gasteiger partial charge on any atom is -0.336 e. The van der Waals surface area contributed by atoms with E-state index in [-0.39, 0.29) is 10.8 Å². The molecule has 0 saturated carbocycles. The lowest BCUT2D eigenvalue weighted by Crippen LogP contribution is -2.47. The predicted molar refractivity (Wildman–Crippen MR) is 92.5 cm³/mol. The van der Waals surface area contributed by atoms with Crippen LogP contribution in [0.5, 0.6) is 0 Å². The number of sulfonamides is 1. The lowest BCUT2D eigenvalue weighted by Gasteiger charge is -2.32. The molecule has 2 aliphatic heterocycles. The first-order valence-electron chi connectivity index (χ1n) is 8.56. The van der Waals surface area contributed by atoms with Gasteiger partial charge in [0, 0.05) is 44.8 Å².